The smallest absolute Gasteiger partial charge is 0.407 e. The second-order valence-electron chi connectivity index (χ2n) is 7.00. The van der Waals surface area contributed by atoms with Crippen molar-refractivity contribution < 1.29 is 23.7 Å². The van der Waals surface area contributed by atoms with Crippen molar-refractivity contribution in [3.8, 4) is 28.4 Å². The van der Waals surface area contributed by atoms with E-state index in [9.17, 15) is 9.59 Å². The fourth-order valence-electron chi connectivity index (χ4n) is 4.00. The number of amides is 1. The summed E-state index contributed by atoms with van der Waals surface area (Å²) in [6.07, 6.45) is 2.29. The first-order valence-corrected chi connectivity index (χ1v) is 11.7. The van der Waals surface area contributed by atoms with Crippen molar-refractivity contribution in [3.05, 3.63) is 44.6 Å². The van der Waals surface area contributed by atoms with Crippen LogP contribution in [-0.4, -0.2) is 40.3 Å². The summed E-state index contributed by atoms with van der Waals surface area (Å²) in [6, 6.07) is 4.73. The maximum Gasteiger partial charge on any atom is 0.407 e. The monoisotopic (exact) mass is 479 g/mol. The number of rotatable bonds is 6. The second-order valence-corrected chi connectivity index (χ2v) is 8.23. The Balaban J connectivity index is 2.39. The van der Waals surface area contributed by atoms with Crippen molar-refractivity contribution in [2.75, 3.05) is 34.2 Å². The number of hydrogen-bond acceptors (Lipinski definition) is 7. The first kappa shape index (κ1) is 24.1. The number of benzene rings is 1. The summed E-state index contributed by atoms with van der Waals surface area (Å²) in [6.45, 7) is 1.98. The van der Waals surface area contributed by atoms with E-state index in [-0.39, 0.29) is 12.0 Å². The number of hydrogen-bond donors (Lipinski definition) is 1. The minimum Gasteiger partial charge on any atom is -0.492 e. The highest BCUT2D eigenvalue weighted by molar-refractivity contribution is 7.98. The predicted molar refractivity (Wildman–Crippen MR) is 126 cm³/mol. The lowest BCUT2D eigenvalue weighted by Crippen LogP contribution is -2.29. The van der Waals surface area contributed by atoms with Gasteiger partial charge in [0.2, 0.25) is 5.75 Å². The van der Waals surface area contributed by atoms with Crippen LogP contribution in [-0.2, 0) is 11.2 Å². The highest BCUT2D eigenvalue weighted by atomic mass is 35.5. The summed E-state index contributed by atoms with van der Waals surface area (Å²) in [7, 11) is 4.57. The summed E-state index contributed by atoms with van der Waals surface area (Å²) in [5.41, 5.74) is 2.74. The van der Waals surface area contributed by atoms with Gasteiger partial charge in [-0.25, -0.2) is 4.79 Å². The van der Waals surface area contributed by atoms with E-state index in [1.807, 2.05) is 12.3 Å². The van der Waals surface area contributed by atoms with Crippen LogP contribution in [0.3, 0.4) is 0 Å². The average Bonchev–Trinajstić information content (AvgIpc) is 3.03. The Morgan fingerprint density at radius 2 is 1.84 bits per heavy atom. The molecular formula is C23H26ClNO6S. The summed E-state index contributed by atoms with van der Waals surface area (Å²) in [5.74, 6) is 1.18. The lowest BCUT2D eigenvalue weighted by molar-refractivity contribution is 0.147. The molecule has 1 aliphatic rings. The lowest BCUT2D eigenvalue weighted by atomic mass is 9.95. The zero-order valence-corrected chi connectivity index (χ0v) is 20.2. The third kappa shape index (κ3) is 4.34. The van der Waals surface area contributed by atoms with Crippen LogP contribution >= 0.6 is 23.4 Å². The first-order valence-electron chi connectivity index (χ1n) is 10.1. The molecule has 0 spiro atoms. The van der Waals surface area contributed by atoms with Gasteiger partial charge in [0, 0.05) is 5.56 Å². The summed E-state index contributed by atoms with van der Waals surface area (Å²) in [4.78, 5) is 25.7. The normalized spacial score (nSPS) is 14.5. The molecule has 0 saturated carbocycles. The van der Waals surface area contributed by atoms with E-state index in [0.717, 1.165) is 11.1 Å². The largest absolute Gasteiger partial charge is 0.492 e. The maximum absolute atomic E-state index is 12.9. The molecule has 0 radical (unpaired) electrons. The molecule has 0 unspecified atom stereocenters. The molecular weight excluding hydrogens is 454 g/mol. The van der Waals surface area contributed by atoms with Crippen molar-refractivity contribution >= 4 is 29.5 Å². The van der Waals surface area contributed by atoms with E-state index < -0.39 is 12.1 Å². The Kier molecular flexibility index (Phi) is 7.79. The Morgan fingerprint density at radius 3 is 2.44 bits per heavy atom. The van der Waals surface area contributed by atoms with Crippen LogP contribution in [0, 0.1) is 0 Å². The van der Waals surface area contributed by atoms with Gasteiger partial charge in [-0.3, -0.25) is 4.79 Å². The number of ether oxygens (including phenoxy) is 4. The third-order valence-corrected chi connectivity index (χ3v) is 6.55. The average molecular weight is 480 g/mol. The molecule has 0 saturated heterocycles. The van der Waals surface area contributed by atoms with Crippen molar-refractivity contribution in [1.29, 1.82) is 0 Å². The quantitative estimate of drug-likeness (QED) is 0.593. The Bertz CT molecular complexity index is 1090. The molecule has 2 aromatic rings. The molecule has 0 heterocycles. The van der Waals surface area contributed by atoms with Crippen molar-refractivity contribution in [1.82, 2.24) is 5.32 Å². The Labute approximate surface area is 196 Å². The third-order valence-electron chi connectivity index (χ3n) is 5.37. The first-order chi connectivity index (χ1) is 15.4. The fraction of sp³-hybridized carbons (Fsp3) is 0.391. The van der Waals surface area contributed by atoms with Gasteiger partial charge in [-0.2, -0.15) is 0 Å². The van der Waals surface area contributed by atoms with Gasteiger partial charge in [0.25, 0.3) is 0 Å². The van der Waals surface area contributed by atoms with E-state index >= 15 is 0 Å². The van der Waals surface area contributed by atoms with Crippen LogP contribution in [0.1, 0.15) is 30.5 Å². The molecule has 1 aliphatic carbocycles. The number of carbonyl (C=O) groups excluding carboxylic acids is 1. The van der Waals surface area contributed by atoms with Crippen molar-refractivity contribution in [2.45, 2.75) is 30.7 Å². The zero-order valence-electron chi connectivity index (χ0n) is 18.7. The zero-order chi connectivity index (χ0) is 23.4. The maximum atomic E-state index is 12.9. The highest BCUT2D eigenvalue weighted by Gasteiger charge is 2.32. The van der Waals surface area contributed by atoms with Gasteiger partial charge >= 0.3 is 6.09 Å². The molecule has 172 valence electrons. The lowest BCUT2D eigenvalue weighted by Gasteiger charge is -2.21. The molecule has 7 nitrogen and oxygen atoms in total. The molecule has 0 aliphatic heterocycles. The number of fused-ring (bicyclic) bond motifs is 3. The minimum absolute atomic E-state index is 0.136. The number of halogens is 1. The highest BCUT2D eigenvalue weighted by Crippen LogP contribution is 2.54. The fourth-order valence-corrected chi connectivity index (χ4v) is 4.82. The van der Waals surface area contributed by atoms with E-state index in [1.54, 1.807) is 26.2 Å². The topological polar surface area (TPSA) is 83.1 Å². The standard InChI is InChI=1S/C23H26ClNO6S/c1-6-31-23(27)25-15-9-7-13-18(12-8-10-17(32-5)16(26)11-14(12)15)20(28-2)22(30-4)21(29-3)19(13)24/h8,10-11,15H,6-7,9H2,1-5H3,(H,25,27)/t15-/m0/s1. The number of carbonyl (C=O) groups is 1. The molecule has 2 aromatic carbocycles. The van der Waals surface area contributed by atoms with Gasteiger partial charge in [-0.1, -0.05) is 17.7 Å². The Morgan fingerprint density at radius 1 is 1.16 bits per heavy atom. The number of alkyl carbamates (subject to hydrolysis) is 1. The molecule has 0 aromatic heterocycles. The van der Waals surface area contributed by atoms with E-state index in [0.29, 0.717) is 51.1 Å². The van der Waals surface area contributed by atoms with Crippen LogP contribution in [0.4, 0.5) is 4.79 Å². The number of thioether (sulfide) groups is 1. The van der Waals surface area contributed by atoms with Gasteiger partial charge in [0.05, 0.1) is 43.9 Å². The molecule has 9 heteroatoms. The molecule has 1 atom stereocenters. The Hall–Kier alpha value is -2.58. The van der Waals surface area contributed by atoms with Gasteiger partial charge in [-0.05, 0) is 54.8 Å². The van der Waals surface area contributed by atoms with Crippen LogP contribution in [0.5, 0.6) is 17.2 Å². The minimum atomic E-state index is -0.549. The molecule has 0 fully saturated rings. The van der Waals surface area contributed by atoms with Crippen molar-refractivity contribution in [2.24, 2.45) is 0 Å². The van der Waals surface area contributed by atoms with Crippen LogP contribution < -0.4 is 25.0 Å². The van der Waals surface area contributed by atoms with Crippen LogP contribution in [0.25, 0.3) is 11.1 Å². The van der Waals surface area contributed by atoms with Gasteiger partial charge in [-0.15, -0.1) is 11.8 Å². The van der Waals surface area contributed by atoms with Gasteiger partial charge in [0.15, 0.2) is 16.9 Å². The predicted octanol–water partition coefficient (Wildman–Crippen LogP) is 4.85. The van der Waals surface area contributed by atoms with E-state index in [1.165, 1.54) is 26.0 Å². The van der Waals surface area contributed by atoms with Gasteiger partial charge < -0.3 is 24.3 Å². The van der Waals surface area contributed by atoms with Crippen molar-refractivity contribution in [3.63, 3.8) is 0 Å². The molecule has 1 N–H and O–H groups in total. The summed E-state index contributed by atoms with van der Waals surface area (Å²) >= 11 is 8.12. The van der Waals surface area contributed by atoms with Crippen LogP contribution in [0.15, 0.2) is 27.9 Å². The van der Waals surface area contributed by atoms with Crippen LogP contribution in [0.2, 0.25) is 5.02 Å². The molecule has 3 rings (SSSR count). The SMILES string of the molecule is CCOC(=O)N[C@H]1CCc2c(Cl)c(OC)c(OC)c(OC)c2-c2ccc(SC)c(=O)cc21. The number of methoxy groups -OCH3 is 3. The summed E-state index contributed by atoms with van der Waals surface area (Å²) < 4.78 is 22.0. The van der Waals surface area contributed by atoms with Gasteiger partial charge in [0.1, 0.15) is 0 Å². The number of nitrogens with one attached hydrogen (secondary N) is 1. The van der Waals surface area contributed by atoms with E-state index in [4.69, 9.17) is 30.5 Å². The molecule has 1 amide bonds. The van der Waals surface area contributed by atoms with E-state index in [2.05, 4.69) is 5.32 Å². The summed E-state index contributed by atoms with van der Waals surface area (Å²) in [5, 5.41) is 3.29. The molecule has 32 heavy (non-hydrogen) atoms. The second kappa shape index (κ2) is 10.4. The molecule has 0 bridgehead atoms.